The first-order valence-electron chi connectivity index (χ1n) is 2.16. The highest BCUT2D eigenvalue weighted by molar-refractivity contribution is 7.78. The van der Waals surface area contributed by atoms with Gasteiger partial charge in [-0.2, -0.15) is 4.99 Å². The van der Waals surface area contributed by atoms with Crippen molar-refractivity contribution < 1.29 is 0 Å². The topological polar surface area (TPSA) is 12.4 Å². The third-order valence-corrected chi connectivity index (χ3v) is 1.93. The Morgan fingerprint density at radius 2 is 2.44 bits per heavy atom. The predicted molar refractivity (Wildman–Crippen MR) is 44.0 cm³/mol. The number of aliphatic imine (C=N–C) groups is 1. The zero-order chi connectivity index (χ0) is 6.69. The second-order valence-corrected chi connectivity index (χ2v) is 3.16. The second-order valence-electron chi connectivity index (χ2n) is 1.28. The fraction of sp³-hybridized carbons (Fsp3) is 0. The highest BCUT2D eigenvalue weighted by Gasteiger charge is 1.91. The highest BCUT2D eigenvalue weighted by atomic mass is 35.5. The van der Waals surface area contributed by atoms with Gasteiger partial charge in [0, 0.05) is 0 Å². The molecular weight excluding hydrogens is 174 g/mol. The smallest absolute Gasteiger partial charge is 0.128 e. The molecule has 0 spiro atoms. The van der Waals surface area contributed by atoms with E-state index in [1.807, 2.05) is 0 Å². The lowest BCUT2D eigenvalue weighted by atomic mass is 10.6. The van der Waals surface area contributed by atoms with Crippen molar-refractivity contribution in [3.8, 4) is 0 Å². The van der Waals surface area contributed by atoms with Gasteiger partial charge in [-0.25, -0.2) is 0 Å². The third-order valence-electron chi connectivity index (χ3n) is 0.715. The van der Waals surface area contributed by atoms with Crippen molar-refractivity contribution in [2.45, 2.75) is 0 Å². The number of isothiocyanates is 1. The summed E-state index contributed by atoms with van der Waals surface area (Å²) in [6.45, 7) is 0. The van der Waals surface area contributed by atoms with Crippen molar-refractivity contribution in [3.05, 3.63) is 16.5 Å². The number of thiophene rings is 1. The van der Waals surface area contributed by atoms with E-state index in [4.69, 9.17) is 11.6 Å². The van der Waals surface area contributed by atoms with Gasteiger partial charge in [0.15, 0.2) is 0 Å². The molecule has 0 fully saturated rings. The van der Waals surface area contributed by atoms with Crippen molar-refractivity contribution >= 4 is 45.3 Å². The molecule has 0 saturated heterocycles. The Bertz CT molecular complexity index is 249. The summed E-state index contributed by atoms with van der Waals surface area (Å²) in [6.07, 6.45) is 0. The minimum atomic E-state index is 0.721. The number of hydrogen-bond acceptors (Lipinski definition) is 3. The summed E-state index contributed by atoms with van der Waals surface area (Å²) in [5.74, 6) is 0. The molecule has 9 heavy (non-hydrogen) atoms. The number of rotatable bonds is 1. The quantitative estimate of drug-likeness (QED) is 0.472. The Kier molecular flexibility index (Phi) is 2.37. The number of hydrogen-bond donors (Lipinski definition) is 0. The maximum atomic E-state index is 5.59. The van der Waals surface area contributed by atoms with Crippen LogP contribution < -0.4 is 0 Å². The lowest BCUT2D eigenvalue weighted by Gasteiger charge is -1.72. The van der Waals surface area contributed by atoms with Crippen LogP contribution in [0.15, 0.2) is 17.1 Å². The molecule has 0 saturated carbocycles. The fourth-order valence-electron chi connectivity index (χ4n) is 0.410. The van der Waals surface area contributed by atoms with Crippen LogP contribution in [0.25, 0.3) is 0 Å². The van der Waals surface area contributed by atoms with E-state index in [-0.39, 0.29) is 0 Å². The second kappa shape index (κ2) is 3.08. The lowest BCUT2D eigenvalue weighted by molar-refractivity contribution is 1.69. The van der Waals surface area contributed by atoms with Crippen LogP contribution >= 0.6 is 35.2 Å². The zero-order valence-electron chi connectivity index (χ0n) is 4.30. The van der Waals surface area contributed by atoms with E-state index < -0.39 is 0 Å². The van der Waals surface area contributed by atoms with Crippen molar-refractivity contribution in [1.82, 2.24) is 0 Å². The molecular formula is C5H2ClNS2. The van der Waals surface area contributed by atoms with Crippen LogP contribution in [-0.4, -0.2) is 5.16 Å². The molecule has 0 radical (unpaired) electrons. The van der Waals surface area contributed by atoms with Gasteiger partial charge < -0.3 is 0 Å². The maximum Gasteiger partial charge on any atom is 0.128 e. The summed E-state index contributed by atoms with van der Waals surface area (Å²) in [5.41, 5.74) is 0. The molecule has 0 aliphatic rings. The Labute approximate surface area is 67.0 Å². The number of thiocarbonyl (C=S) groups is 1. The Morgan fingerprint density at radius 1 is 1.67 bits per heavy atom. The normalized spacial score (nSPS) is 8.56. The largest absolute Gasteiger partial charge is 0.184 e. The summed E-state index contributed by atoms with van der Waals surface area (Å²) < 4.78 is 0.721. The standard InChI is InChI=1S/C5H2ClNS2/c6-4-1-2-5(9-4)7-3-8/h1-2H. The van der Waals surface area contributed by atoms with Crippen LogP contribution in [0.2, 0.25) is 4.34 Å². The number of nitrogens with zero attached hydrogens (tertiary/aromatic N) is 1. The van der Waals surface area contributed by atoms with Crippen LogP contribution in [0, 0.1) is 0 Å². The molecule has 0 aromatic carbocycles. The van der Waals surface area contributed by atoms with Gasteiger partial charge in [-0.05, 0) is 24.4 Å². The Hall–Kier alpha value is -0.210. The van der Waals surface area contributed by atoms with Gasteiger partial charge in [-0.1, -0.05) is 11.6 Å². The molecule has 0 bridgehead atoms. The monoisotopic (exact) mass is 175 g/mol. The number of halogens is 1. The summed E-state index contributed by atoms with van der Waals surface area (Å²) in [5, 5.41) is 3.06. The van der Waals surface area contributed by atoms with Gasteiger partial charge in [-0.15, -0.1) is 11.3 Å². The summed E-state index contributed by atoms with van der Waals surface area (Å²) in [7, 11) is 0. The molecule has 1 rings (SSSR count). The molecule has 1 nitrogen and oxygen atoms in total. The molecule has 0 aliphatic carbocycles. The molecule has 0 amide bonds. The van der Waals surface area contributed by atoms with Gasteiger partial charge in [0.2, 0.25) is 0 Å². The van der Waals surface area contributed by atoms with Crippen LogP contribution in [0.3, 0.4) is 0 Å². The maximum absolute atomic E-state index is 5.59. The average Bonchev–Trinajstić information content (AvgIpc) is 2.17. The molecule has 1 heterocycles. The first-order chi connectivity index (χ1) is 4.33. The van der Waals surface area contributed by atoms with Crippen LogP contribution in [0.5, 0.6) is 0 Å². The lowest BCUT2D eigenvalue weighted by Crippen LogP contribution is -1.41. The molecule has 46 valence electrons. The van der Waals surface area contributed by atoms with Crippen molar-refractivity contribution in [3.63, 3.8) is 0 Å². The Morgan fingerprint density at radius 3 is 2.89 bits per heavy atom. The van der Waals surface area contributed by atoms with Crippen LogP contribution in [-0.2, 0) is 0 Å². The summed E-state index contributed by atoms with van der Waals surface area (Å²) in [4.78, 5) is 3.73. The average molecular weight is 176 g/mol. The van der Waals surface area contributed by atoms with Crippen LogP contribution in [0.1, 0.15) is 0 Å². The van der Waals surface area contributed by atoms with Gasteiger partial charge in [0.25, 0.3) is 0 Å². The van der Waals surface area contributed by atoms with E-state index in [1.54, 1.807) is 12.1 Å². The van der Waals surface area contributed by atoms with Crippen molar-refractivity contribution in [2.75, 3.05) is 0 Å². The molecule has 0 atom stereocenters. The predicted octanol–water partition coefficient (Wildman–Crippen LogP) is 3.14. The molecule has 0 unspecified atom stereocenters. The zero-order valence-corrected chi connectivity index (χ0v) is 6.69. The summed E-state index contributed by atoms with van der Waals surface area (Å²) >= 11 is 11.4. The minimum absolute atomic E-state index is 0.721. The van der Waals surface area contributed by atoms with Gasteiger partial charge >= 0.3 is 0 Å². The van der Waals surface area contributed by atoms with E-state index in [0.717, 1.165) is 9.34 Å². The van der Waals surface area contributed by atoms with Gasteiger partial charge in [0.1, 0.15) is 5.00 Å². The van der Waals surface area contributed by atoms with Gasteiger partial charge in [0.05, 0.1) is 9.50 Å². The van der Waals surface area contributed by atoms with E-state index in [9.17, 15) is 0 Å². The first kappa shape index (κ1) is 6.90. The van der Waals surface area contributed by atoms with E-state index in [1.165, 1.54) is 11.3 Å². The molecule has 4 heteroatoms. The fourth-order valence-corrected chi connectivity index (χ4v) is 1.43. The SMILES string of the molecule is S=C=Nc1ccc(Cl)s1. The Balaban J connectivity index is 2.97. The molecule has 1 aromatic rings. The molecule has 0 N–H and O–H groups in total. The van der Waals surface area contributed by atoms with E-state index in [0.29, 0.717) is 0 Å². The van der Waals surface area contributed by atoms with E-state index in [2.05, 4.69) is 22.4 Å². The third kappa shape index (κ3) is 1.88. The van der Waals surface area contributed by atoms with Gasteiger partial charge in [-0.3, -0.25) is 0 Å². The van der Waals surface area contributed by atoms with Crippen molar-refractivity contribution in [1.29, 1.82) is 0 Å². The minimum Gasteiger partial charge on any atom is -0.184 e. The van der Waals surface area contributed by atoms with E-state index >= 15 is 0 Å². The van der Waals surface area contributed by atoms with Crippen molar-refractivity contribution in [2.24, 2.45) is 4.99 Å². The van der Waals surface area contributed by atoms with Crippen LogP contribution in [0.4, 0.5) is 5.00 Å². The molecule has 1 aromatic heterocycles. The molecule has 0 aliphatic heterocycles. The first-order valence-corrected chi connectivity index (χ1v) is 3.76. The summed E-state index contributed by atoms with van der Waals surface area (Å²) in [6, 6.07) is 3.57. The highest BCUT2D eigenvalue weighted by Crippen LogP contribution is 2.27.